The molecular weight excluding hydrogens is 388 g/mol. The second-order valence-corrected chi connectivity index (χ2v) is 7.93. The van der Waals surface area contributed by atoms with Crippen molar-refractivity contribution >= 4 is 5.96 Å². The lowest BCUT2D eigenvalue weighted by atomic mass is 10.0. The van der Waals surface area contributed by atoms with Gasteiger partial charge in [-0.1, -0.05) is 48.0 Å². The molecule has 2 heterocycles. The number of hydrogen-bond donors (Lipinski definition) is 2. The minimum absolute atomic E-state index is 0.259. The van der Waals surface area contributed by atoms with Gasteiger partial charge >= 0.3 is 0 Å². The Morgan fingerprint density at radius 2 is 2.00 bits per heavy atom. The highest BCUT2D eigenvalue weighted by Gasteiger charge is 2.22. The van der Waals surface area contributed by atoms with Crippen molar-refractivity contribution in [2.45, 2.75) is 45.5 Å². The Labute approximate surface area is 183 Å². The van der Waals surface area contributed by atoms with Crippen LogP contribution in [0.15, 0.2) is 53.5 Å². The van der Waals surface area contributed by atoms with Crippen LogP contribution in [0.5, 0.6) is 0 Å². The van der Waals surface area contributed by atoms with Crippen LogP contribution >= 0.6 is 0 Å². The molecule has 0 saturated carbocycles. The van der Waals surface area contributed by atoms with E-state index in [1.165, 1.54) is 22.3 Å². The lowest BCUT2D eigenvalue weighted by Gasteiger charge is -2.25. The number of aromatic nitrogens is 3. The van der Waals surface area contributed by atoms with Crippen molar-refractivity contribution < 1.29 is 4.74 Å². The Balaban J connectivity index is 1.35. The van der Waals surface area contributed by atoms with Crippen LogP contribution in [0.3, 0.4) is 0 Å². The molecule has 31 heavy (non-hydrogen) atoms. The SMILES string of the molecule is CN=C(NCc1cccc(-c2cccc(C)c2)c1)NC1CCc2nc(COC)nn2C1. The van der Waals surface area contributed by atoms with E-state index in [1.54, 1.807) is 14.2 Å². The Morgan fingerprint density at radius 1 is 1.19 bits per heavy atom. The summed E-state index contributed by atoms with van der Waals surface area (Å²) in [4.78, 5) is 8.95. The molecule has 3 aromatic rings. The molecule has 1 unspecified atom stereocenters. The van der Waals surface area contributed by atoms with Gasteiger partial charge < -0.3 is 15.4 Å². The van der Waals surface area contributed by atoms with Crippen molar-refractivity contribution in [1.29, 1.82) is 0 Å². The summed E-state index contributed by atoms with van der Waals surface area (Å²) in [5.74, 6) is 2.57. The molecule has 0 spiro atoms. The fraction of sp³-hybridized carbons (Fsp3) is 0.375. The van der Waals surface area contributed by atoms with Crippen molar-refractivity contribution in [3.63, 3.8) is 0 Å². The van der Waals surface area contributed by atoms with Gasteiger partial charge in [-0.25, -0.2) is 9.67 Å². The second-order valence-electron chi connectivity index (χ2n) is 7.93. The lowest BCUT2D eigenvalue weighted by Crippen LogP contribution is -2.46. The number of aryl methyl sites for hydroxylation is 2. The molecule has 1 aliphatic rings. The summed E-state index contributed by atoms with van der Waals surface area (Å²) in [5, 5.41) is 11.5. The van der Waals surface area contributed by atoms with Crippen LogP contribution in [0.4, 0.5) is 0 Å². The van der Waals surface area contributed by atoms with Gasteiger partial charge in [0.15, 0.2) is 11.8 Å². The van der Waals surface area contributed by atoms with Gasteiger partial charge in [0.05, 0.1) is 6.54 Å². The van der Waals surface area contributed by atoms with E-state index in [0.29, 0.717) is 13.2 Å². The summed E-state index contributed by atoms with van der Waals surface area (Å²) < 4.78 is 7.13. The maximum atomic E-state index is 5.15. The van der Waals surface area contributed by atoms with Crippen molar-refractivity contribution in [3.8, 4) is 11.1 Å². The first kappa shape index (κ1) is 21.1. The van der Waals surface area contributed by atoms with Crippen molar-refractivity contribution in [2.24, 2.45) is 4.99 Å². The number of fused-ring (bicyclic) bond motifs is 1. The Morgan fingerprint density at radius 3 is 2.77 bits per heavy atom. The minimum Gasteiger partial charge on any atom is -0.377 e. The van der Waals surface area contributed by atoms with E-state index in [1.807, 2.05) is 4.68 Å². The molecule has 0 radical (unpaired) electrons. The molecule has 0 bridgehead atoms. The molecule has 1 aromatic heterocycles. The highest BCUT2D eigenvalue weighted by Crippen LogP contribution is 2.21. The Bertz CT molecular complexity index is 1060. The van der Waals surface area contributed by atoms with Gasteiger partial charge in [-0.2, -0.15) is 5.10 Å². The zero-order valence-corrected chi connectivity index (χ0v) is 18.4. The normalized spacial score (nSPS) is 16.1. The number of methoxy groups -OCH3 is 1. The average molecular weight is 419 g/mol. The van der Waals surface area contributed by atoms with Gasteiger partial charge in [0.1, 0.15) is 12.4 Å². The van der Waals surface area contributed by atoms with Gasteiger partial charge in [-0.15, -0.1) is 0 Å². The largest absolute Gasteiger partial charge is 0.377 e. The van der Waals surface area contributed by atoms with Crippen LogP contribution in [-0.2, 0) is 30.9 Å². The van der Waals surface area contributed by atoms with Crippen molar-refractivity contribution in [3.05, 3.63) is 71.3 Å². The second kappa shape index (κ2) is 9.75. The number of nitrogens with zero attached hydrogens (tertiary/aromatic N) is 4. The molecule has 0 fully saturated rings. The standard InChI is InChI=1S/C24H30N6O/c1-17-6-4-8-19(12-17)20-9-5-7-18(13-20)14-26-24(25-2)27-21-10-11-23-28-22(16-31-3)29-30(23)15-21/h4-9,12-13,21H,10-11,14-16H2,1-3H3,(H2,25,26,27). The molecule has 0 aliphatic carbocycles. The van der Waals surface area contributed by atoms with Gasteiger partial charge in [0, 0.05) is 33.2 Å². The van der Waals surface area contributed by atoms with E-state index in [9.17, 15) is 0 Å². The van der Waals surface area contributed by atoms with E-state index < -0.39 is 0 Å². The number of aliphatic imine (C=N–C) groups is 1. The zero-order valence-electron chi connectivity index (χ0n) is 18.4. The fourth-order valence-corrected chi connectivity index (χ4v) is 3.93. The number of guanidine groups is 1. The van der Waals surface area contributed by atoms with E-state index in [-0.39, 0.29) is 6.04 Å². The molecule has 0 saturated heterocycles. The molecular formula is C24H30N6O. The third-order valence-electron chi connectivity index (χ3n) is 5.48. The smallest absolute Gasteiger partial charge is 0.191 e. The maximum Gasteiger partial charge on any atom is 0.191 e. The molecule has 1 aliphatic heterocycles. The molecule has 2 N–H and O–H groups in total. The van der Waals surface area contributed by atoms with Gasteiger partial charge in [-0.05, 0) is 36.1 Å². The number of nitrogens with one attached hydrogen (secondary N) is 2. The highest BCUT2D eigenvalue weighted by atomic mass is 16.5. The molecule has 0 amide bonds. The maximum absolute atomic E-state index is 5.15. The Kier molecular flexibility index (Phi) is 6.62. The number of hydrogen-bond acceptors (Lipinski definition) is 4. The van der Waals surface area contributed by atoms with Crippen LogP contribution in [-0.4, -0.2) is 40.9 Å². The van der Waals surface area contributed by atoms with Gasteiger partial charge in [-0.3, -0.25) is 4.99 Å². The van der Waals surface area contributed by atoms with Gasteiger partial charge in [0.25, 0.3) is 0 Å². The predicted molar refractivity (Wildman–Crippen MR) is 123 cm³/mol. The molecule has 7 nitrogen and oxygen atoms in total. The molecule has 2 aromatic carbocycles. The predicted octanol–water partition coefficient (Wildman–Crippen LogP) is 3.08. The number of ether oxygens (including phenoxy) is 1. The Hall–Kier alpha value is -3.19. The third kappa shape index (κ3) is 5.30. The zero-order chi connectivity index (χ0) is 21.6. The highest BCUT2D eigenvalue weighted by molar-refractivity contribution is 5.80. The van der Waals surface area contributed by atoms with E-state index >= 15 is 0 Å². The monoisotopic (exact) mass is 418 g/mol. The number of rotatable bonds is 6. The average Bonchev–Trinajstić information content (AvgIpc) is 3.19. The number of benzene rings is 2. The van der Waals surface area contributed by atoms with E-state index in [0.717, 1.165) is 37.0 Å². The van der Waals surface area contributed by atoms with Crippen LogP contribution in [0.1, 0.15) is 29.2 Å². The first-order valence-electron chi connectivity index (χ1n) is 10.7. The minimum atomic E-state index is 0.259. The molecule has 162 valence electrons. The van der Waals surface area contributed by atoms with Crippen LogP contribution in [0, 0.1) is 6.92 Å². The van der Waals surface area contributed by atoms with E-state index in [4.69, 9.17) is 4.74 Å². The summed E-state index contributed by atoms with van der Waals surface area (Å²) in [6, 6.07) is 17.5. The van der Waals surface area contributed by atoms with Crippen LogP contribution < -0.4 is 10.6 Å². The summed E-state index contributed by atoms with van der Waals surface area (Å²) >= 11 is 0. The summed E-state index contributed by atoms with van der Waals surface area (Å²) in [7, 11) is 3.47. The van der Waals surface area contributed by atoms with Gasteiger partial charge in [0.2, 0.25) is 0 Å². The van der Waals surface area contributed by atoms with Crippen LogP contribution in [0.25, 0.3) is 11.1 Å². The molecule has 4 rings (SSSR count). The van der Waals surface area contributed by atoms with Crippen molar-refractivity contribution in [2.75, 3.05) is 14.2 Å². The summed E-state index contributed by atoms with van der Waals surface area (Å²) in [6.45, 7) is 4.05. The first-order valence-corrected chi connectivity index (χ1v) is 10.7. The summed E-state index contributed by atoms with van der Waals surface area (Å²) in [6.07, 6.45) is 1.89. The third-order valence-corrected chi connectivity index (χ3v) is 5.48. The first-order chi connectivity index (χ1) is 15.1. The topological polar surface area (TPSA) is 76.4 Å². The molecule has 1 atom stereocenters. The van der Waals surface area contributed by atoms with Crippen molar-refractivity contribution in [1.82, 2.24) is 25.4 Å². The quantitative estimate of drug-likeness (QED) is 0.475. The summed E-state index contributed by atoms with van der Waals surface area (Å²) in [5.41, 5.74) is 4.95. The lowest BCUT2D eigenvalue weighted by molar-refractivity contribution is 0.177. The van der Waals surface area contributed by atoms with Crippen LogP contribution in [0.2, 0.25) is 0 Å². The fourth-order valence-electron chi connectivity index (χ4n) is 3.93. The van der Waals surface area contributed by atoms with E-state index in [2.05, 4.69) is 81.2 Å². The molecule has 7 heteroatoms.